The second kappa shape index (κ2) is 6.71. The lowest BCUT2D eigenvalue weighted by Crippen LogP contribution is -2.24. The molecule has 1 amide bonds. The second-order valence-corrected chi connectivity index (χ2v) is 4.30. The lowest BCUT2D eigenvalue weighted by molar-refractivity contribution is -0.129. The highest BCUT2D eigenvalue weighted by Crippen LogP contribution is 2.17. The van der Waals surface area contributed by atoms with Gasteiger partial charge in [0.05, 0.1) is 6.61 Å². The number of nitrogens with two attached hydrogens (primary N) is 1. The molecule has 2 aromatic carbocycles. The van der Waals surface area contributed by atoms with Crippen LogP contribution in [0.5, 0.6) is 0 Å². The molecule has 19 heavy (non-hydrogen) atoms. The van der Waals surface area contributed by atoms with Gasteiger partial charge >= 0.3 is 0 Å². The Hall–Kier alpha value is -2.13. The van der Waals surface area contributed by atoms with E-state index in [1.807, 2.05) is 60.7 Å². The zero-order valence-electron chi connectivity index (χ0n) is 10.7. The highest BCUT2D eigenvalue weighted by molar-refractivity contribution is 5.80. The summed E-state index contributed by atoms with van der Waals surface area (Å²) in [4.78, 5) is 11.4. The minimum atomic E-state index is -0.676. The number of ether oxygens (including phenoxy) is 1. The van der Waals surface area contributed by atoms with Gasteiger partial charge in [-0.25, -0.2) is 0 Å². The molecule has 0 aliphatic carbocycles. The van der Waals surface area contributed by atoms with Gasteiger partial charge in [-0.1, -0.05) is 60.7 Å². The van der Waals surface area contributed by atoms with Gasteiger partial charge in [-0.2, -0.15) is 0 Å². The molecule has 98 valence electrons. The van der Waals surface area contributed by atoms with E-state index >= 15 is 0 Å². The predicted octanol–water partition coefficient (Wildman–Crippen LogP) is 2.47. The molecule has 3 nitrogen and oxygen atoms in total. The van der Waals surface area contributed by atoms with Crippen LogP contribution in [0.1, 0.15) is 17.2 Å². The van der Waals surface area contributed by atoms with Crippen LogP contribution in [0, 0.1) is 0 Å². The maximum Gasteiger partial charge on any atom is 0.251 e. The molecule has 3 heteroatoms. The van der Waals surface area contributed by atoms with E-state index in [9.17, 15) is 4.79 Å². The van der Waals surface area contributed by atoms with Crippen LogP contribution in [-0.2, 0) is 16.0 Å². The van der Waals surface area contributed by atoms with Gasteiger partial charge in [0.2, 0.25) is 0 Å². The van der Waals surface area contributed by atoms with Crippen LogP contribution in [0.15, 0.2) is 60.7 Å². The van der Waals surface area contributed by atoms with Crippen LogP contribution in [-0.4, -0.2) is 12.5 Å². The number of carbonyl (C=O) groups excluding carboxylic acids is 1. The maximum atomic E-state index is 11.4. The first-order chi connectivity index (χ1) is 9.27. The van der Waals surface area contributed by atoms with Gasteiger partial charge in [0, 0.05) is 0 Å². The summed E-state index contributed by atoms with van der Waals surface area (Å²) in [7, 11) is 0. The molecule has 0 fully saturated rings. The molecule has 0 spiro atoms. The maximum absolute atomic E-state index is 11.4. The van der Waals surface area contributed by atoms with Gasteiger partial charge in [0.25, 0.3) is 5.91 Å². The van der Waals surface area contributed by atoms with E-state index in [1.165, 1.54) is 5.56 Å². The van der Waals surface area contributed by atoms with Gasteiger partial charge < -0.3 is 10.5 Å². The molecule has 1 unspecified atom stereocenters. The number of primary amides is 1. The average molecular weight is 255 g/mol. The Morgan fingerprint density at radius 1 is 1.00 bits per heavy atom. The van der Waals surface area contributed by atoms with Crippen LogP contribution in [0.3, 0.4) is 0 Å². The minimum Gasteiger partial charge on any atom is -0.367 e. The Morgan fingerprint density at radius 3 is 2.16 bits per heavy atom. The van der Waals surface area contributed by atoms with Crippen LogP contribution in [0.2, 0.25) is 0 Å². The zero-order valence-corrected chi connectivity index (χ0v) is 10.7. The number of rotatable bonds is 6. The Kier molecular flexibility index (Phi) is 4.70. The normalized spacial score (nSPS) is 12.0. The molecular weight excluding hydrogens is 238 g/mol. The summed E-state index contributed by atoms with van der Waals surface area (Å²) < 4.78 is 5.62. The minimum absolute atomic E-state index is 0.459. The zero-order chi connectivity index (χ0) is 13.5. The number of carbonyl (C=O) groups is 1. The van der Waals surface area contributed by atoms with Crippen molar-refractivity contribution in [3.05, 3.63) is 71.8 Å². The molecule has 0 heterocycles. The quantitative estimate of drug-likeness (QED) is 0.862. The molecular formula is C16H17NO2. The highest BCUT2D eigenvalue weighted by atomic mass is 16.5. The molecule has 0 aliphatic heterocycles. The third-order valence-electron chi connectivity index (χ3n) is 2.88. The first-order valence-corrected chi connectivity index (χ1v) is 6.27. The summed E-state index contributed by atoms with van der Waals surface area (Å²) in [5.74, 6) is -0.459. The van der Waals surface area contributed by atoms with Crippen molar-refractivity contribution in [1.82, 2.24) is 0 Å². The van der Waals surface area contributed by atoms with E-state index in [2.05, 4.69) is 0 Å². The molecule has 2 aromatic rings. The SMILES string of the molecule is NC(=O)C(OCCc1ccccc1)c1ccccc1. The van der Waals surface area contributed by atoms with Crippen molar-refractivity contribution >= 4 is 5.91 Å². The van der Waals surface area contributed by atoms with Crippen molar-refractivity contribution in [2.24, 2.45) is 5.73 Å². The largest absolute Gasteiger partial charge is 0.367 e. The third-order valence-corrected chi connectivity index (χ3v) is 2.88. The van der Waals surface area contributed by atoms with Crippen molar-refractivity contribution in [2.75, 3.05) is 6.61 Å². The Bertz CT molecular complexity index is 511. The molecule has 2 rings (SSSR count). The van der Waals surface area contributed by atoms with Gasteiger partial charge in [-0.05, 0) is 17.5 Å². The number of hydrogen-bond donors (Lipinski definition) is 1. The number of benzene rings is 2. The van der Waals surface area contributed by atoms with Gasteiger partial charge in [-0.3, -0.25) is 4.79 Å². The predicted molar refractivity (Wildman–Crippen MR) is 74.5 cm³/mol. The smallest absolute Gasteiger partial charge is 0.251 e. The molecule has 0 bridgehead atoms. The molecule has 1 atom stereocenters. The van der Waals surface area contributed by atoms with Gasteiger partial charge in [0.1, 0.15) is 0 Å². The van der Waals surface area contributed by atoms with Crippen molar-refractivity contribution in [2.45, 2.75) is 12.5 Å². The van der Waals surface area contributed by atoms with E-state index in [0.717, 1.165) is 12.0 Å². The number of amides is 1. The average Bonchev–Trinajstić information content (AvgIpc) is 2.45. The van der Waals surface area contributed by atoms with Crippen molar-refractivity contribution < 1.29 is 9.53 Å². The summed E-state index contributed by atoms with van der Waals surface area (Å²) >= 11 is 0. The van der Waals surface area contributed by atoms with Crippen molar-refractivity contribution in [3.63, 3.8) is 0 Å². The fourth-order valence-corrected chi connectivity index (χ4v) is 1.91. The fourth-order valence-electron chi connectivity index (χ4n) is 1.91. The lowest BCUT2D eigenvalue weighted by Gasteiger charge is -2.14. The van der Waals surface area contributed by atoms with Crippen molar-refractivity contribution in [3.8, 4) is 0 Å². The van der Waals surface area contributed by atoms with Crippen LogP contribution in [0.4, 0.5) is 0 Å². The summed E-state index contributed by atoms with van der Waals surface area (Å²) in [5, 5.41) is 0. The van der Waals surface area contributed by atoms with E-state index in [0.29, 0.717) is 6.61 Å². The molecule has 0 aromatic heterocycles. The molecule has 0 radical (unpaired) electrons. The van der Waals surface area contributed by atoms with Gasteiger partial charge in [-0.15, -0.1) is 0 Å². The van der Waals surface area contributed by atoms with E-state index in [4.69, 9.17) is 10.5 Å². The number of hydrogen-bond acceptors (Lipinski definition) is 2. The third kappa shape index (κ3) is 3.93. The van der Waals surface area contributed by atoms with E-state index in [1.54, 1.807) is 0 Å². The highest BCUT2D eigenvalue weighted by Gasteiger charge is 2.17. The fraction of sp³-hybridized carbons (Fsp3) is 0.188. The molecule has 0 saturated heterocycles. The Morgan fingerprint density at radius 2 is 1.58 bits per heavy atom. The molecule has 0 aliphatic rings. The first-order valence-electron chi connectivity index (χ1n) is 6.27. The second-order valence-electron chi connectivity index (χ2n) is 4.30. The summed E-state index contributed by atoms with van der Waals surface area (Å²) in [5.41, 5.74) is 7.36. The standard InChI is InChI=1S/C16H17NO2/c17-16(18)15(14-9-5-2-6-10-14)19-12-11-13-7-3-1-4-8-13/h1-10,15H,11-12H2,(H2,17,18). The van der Waals surface area contributed by atoms with Gasteiger partial charge in [0.15, 0.2) is 6.10 Å². The monoisotopic (exact) mass is 255 g/mol. The van der Waals surface area contributed by atoms with E-state index < -0.39 is 12.0 Å². The molecule has 2 N–H and O–H groups in total. The van der Waals surface area contributed by atoms with Crippen molar-refractivity contribution in [1.29, 1.82) is 0 Å². The molecule has 0 saturated carbocycles. The summed E-state index contributed by atoms with van der Waals surface area (Å²) in [6, 6.07) is 19.3. The topological polar surface area (TPSA) is 52.3 Å². The lowest BCUT2D eigenvalue weighted by atomic mass is 10.1. The van der Waals surface area contributed by atoms with E-state index in [-0.39, 0.29) is 0 Å². The van der Waals surface area contributed by atoms with Crippen LogP contribution < -0.4 is 5.73 Å². The Balaban J connectivity index is 1.94. The van der Waals surface area contributed by atoms with Crippen LogP contribution >= 0.6 is 0 Å². The summed E-state index contributed by atoms with van der Waals surface area (Å²) in [6.45, 7) is 0.465. The summed E-state index contributed by atoms with van der Waals surface area (Å²) in [6.07, 6.45) is 0.0854. The first kappa shape index (κ1) is 13.3. The Labute approximate surface area is 113 Å². The van der Waals surface area contributed by atoms with Crippen LogP contribution in [0.25, 0.3) is 0 Å².